The van der Waals surface area contributed by atoms with Gasteiger partial charge in [-0.1, -0.05) is 0 Å². The lowest BCUT2D eigenvalue weighted by molar-refractivity contribution is 0.0708. The standard InChI is InChI=1S/C12H14BrFN2O/c1-8-7-16(5-4-15-8)12(17)9-2-3-10(13)11(14)6-9/h2-3,6,8,15H,4-5,7H2,1H3. The van der Waals surface area contributed by atoms with E-state index in [1.54, 1.807) is 17.0 Å². The average molecular weight is 301 g/mol. The molecule has 5 heteroatoms. The Hall–Kier alpha value is -0.940. The zero-order valence-electron chi connectivity index (χ0n) is 9.54. The number of nitrogens with one attached hydrogen (secondary N) is 1. The van der Waals surface area contributed by atoms with Crippen molar-refractivity contribution in [1.82, 2.24) is 10.2 Å². The van der Waals surface area contributed by atoms with Crippen LogP contribution in [0, 0.1) is 5.82 Å². The smallest absolute Gasteiger partial charge is 0.254 e. The molecule has 1 atom stereocenters. The van der Waals surface area contributed by atoms with E-state index in [9.17, 15) is 9.18 Å². The van der Waals surface area contributed by atoms with E-state index >= 15 is 0 Å². The number of carbonyl (C=O) groups is 1. The summed E-state index contributed by atoms with van der Waals surface area (Å²) in [6.45, 7) is 4.14. The van der Waals surface area contributed by atoms with Crippen LogP contribution in [0.3, 0.4) is 0 Å². The monoisotopic (exact) mass is 300 g/mol. The number of halogens is 2. The van der Waals surface area contributed by atoms with Crippen molar-refractivity contribution < 1.29 is 9.18 Å². The first-order valence-corrected chi connectivity index (χ1v) is 6.35. The van der Waals surface area contributed by atoms with Crippen LogP contribution in [0.15, 0.2) is 22.7 Å². The molecule has 3 nitrogen and oxygen atoms in total. The third-order valence-electron chi connectivity index (χ3n) is 2.82. The van der Waals surface area contributed by atoms with Gasteiger partial charge in [0.1, 0.15) is 5.82 Å². The quantitative estimate of drug-likeness (QED) is 0.861. The Balaban J connectivity index is 2.15. The van der Waals surface area contributed by atoms with E-state index in [-0.39, 0.29) is 11.9 Å². The van der Waals surface area contributed by atoms with E-state index < -0.39 is 5.82 Å². The fourth-order valence-corrected chi connectivity index (χ4v) is 2.18. The maximum Gasteiger partial charge on any atom is 0.254 e. The molecule has 0 aliphatic carbocycles. The molecular formula is C12H14BrFN2O. The summed E-state index contributed by atoms with van der Waals surface area (Å²) in [6, 6.07) is 4.77. The van der Waals surface area contributed by atoms with E-state index in [1.807, 2.05) is 6.92 Å². The predicted octanol–water partition coefficient (Wildman–Crippen LogP) is 2.02. The molecule has 1 amide bonds. The van der Waals surface area contributed by atoms with Crippen LogP contribution in [-0.2, 0) is 0 Å². The van der Waals surface area contributed by atoms with Gasteiger partial charge in [0, 0.05) is 31.2 Å². The molecule has 1 N–H and O–H groups in total. The summed E-state index contributed by atoms with van der Waals surface area (Å²) in [6.07, 6.45) is 0. The van der Waals surface area contributed by atoms with Crippen LogP contribution in [0.2, 0.25) is 0 Å². The lowest BCUT2D eigenvalue weighted by Crippen LogP contribution is -2.51. The minimum Gasteiger partial charge on any atom is -0.336 e. The van der Waals surface area contributed by atoms with Crippen molar-refractivity contribution in [1.29, 1.82) is 0 Å². The van der Waals surface area contributed by atoms with Gasteiger partial charge in [0.05, 0.1) is 4.47 Å². The molecule has 1 aromatic carbocycles. The fourth-order valence-electron chi connectivity index (χ4n) is 1.93. The Morgan fingerprint density at radius 1 is 1.59 bits per heavy atom. The van der Waals surface area contributed by atoms with Crippen LogP contribution >= 0.6 is 15.9 Å². The minimum atomic E-state index is -0.404. The van der Waals surface area contributed by atoms with Crippen LogP contribution in [0.25, 0.3) is 0 Å². The predicted molar refractivity (Wildman–Crippen MR) is 67.5 cm³/mol. The summed E-state index contributed by atoms with van der Waals surface area (Å²) in [4.78, 5) is 13.9. The van der Waals surface area contributed by atoms with Crippen LogP contribution in [0.1, 0.15) is 17.3 Å². The number of nitrogens with zero attached hydrogens (tertiary/aromatic N) is 1. The molecule has 92 valence electrons. The van der Waals surface area contributed by atoms with Crippen LogP contribution in [-0.4, -0.2) is 36.5 Å². The van der Waals surface area contributed by atoms with Crippen molar-refractivity contribution >= 4 is 21.8 Å². The Kier molecular flexibility index (Phi) is 3.79. The molecule has 1 aromatic rings. The summed E-state index contributed by atoms with van der Waals surface area (Å²) in [7, 11) is 0. The topological polar surface area (TPSA) is 32.3 Å². The summed E-state index contributed by atoms with van der Waals surface area (Å²) in [5, 5.41) is 3.26. The fraction of sp³-hybridized carbons (Fsp3) is 0.417. The lowest BCUT2D eigenvalue weighted by Gasteiger charge is -2.32. The number of rotatable bonds is 1. The molecule has 0 radical (unpaired) electrons. The van der Waals surface area contributed by atoms with Gasteiger partial charge >= 0.3 is 0 Å². The first-order chi connectivity index (χ1) is 8.08. The highest BCUT2D eigenvalue weighted by atomic mass is 79.9. The van der Waals surface area contributed by atoms with Crippen molar-refractivity contribution in [3.8, 4) is 0 Å². The molecule has 1 heterocycles. The number of piperazine rings is 1. The molecule has 1 aliphatic rings. The number of benzene rings is 1. The normalized spacial score (nSPS) is 20.4. The van der Waals surface area contributed by atoms with Crippen molar-refractivity contribution in [2.24, 2.45) is 0 Å². The van der Waals surface area contributed by atoms with Crippen LogP contribution in [0.5, 0.6) is 0 Å². The number of hydrogen-bond acceptors (Lipinski definition) is 2. The largest absolute Gasteiger partial charge is 0.336 e. The zero-order valence-corrected chi connectivity index (χ0v) is 11.1. The highest BCUT2D eigenvalue weighted by Crippen LogP contribution is 2.17. The molecule has 1 fully saturated rings. The second-order valence-corrected chi connectivity index (χ2v) is 5.09. The average Bonchev–Trinajstić information content (AvgIpc) is 2.32. The van der Waals surface area contributed by atoms with Crippen molar-refractivity contribution in [2.75, 3.05) is 19.6 Å². The highest BCUT2D eigenvalue weighted by Gasteiger charge is 2.22. The third kappa shape index (κ3) is 2.84. The summed E-state index contributed by atoms with van der Waals surface area (Å²) < 4.78 is 13.7. The van der Waals surface area contributed by atoms with Gasteiger partial charge in [-0.2, -0.15) is 0 Å². The molecular weight excluding hydrogens is 287 g/mol. The maximum atomic E-state index is 13.4. The first-order valence-electron chi connectivity index (χ1n) is 5.55. The first kappa shape index (κ1) is 12.5. The summed E-state index contributed by atoms with van der Waals surface area (Å²) >= 11 is 3.07. The lowest BCUT2D eigenvalue weighted by atomic mass is 10.1. The van der Waals surface area contributed by atoms with Gasteiger partial charge in [0.25, 0.3) is 5.91 Å². The SMILES string of the molecule is CC1CN(C(=O)c2ccc(Br)c(F)c2)CCN1. The zero-order chi connectivity index (χ0) is 12.4. The van der Waals surface area contributed by atoms with E-state index in [0.29, 0.717) is 23.1 Å². The molecule has 0 bridgehead atoms. The second kappa shape index (κ2) is 5.14. The van der Waals surface area contributed by atoms with Gasteiger partial charge in [-0.25, -0.2) is 4.39 Å². The Bertz CT molecular complexity index is 439. The number of hydrogen-bond donors (Lipinski definition) is 1. The Morgan fingerprint density at radius 3 is 3.00 bits per heavy atom. The van der Waals surface area contributed by atoms with E-state index in [0.717, 1.165) is 6.54 Å². The Labute approximate surface area is 108 Å². The van der Waals surface area contributed by atoms with Crippen LogP contribution in [0.4, 0.5) is 4.39 Å². The van der Waals surface area contributed by atoms with E-state index in [1.165, 1.54) is 6.07 Å². The van der Waals surface area contributed by atoms with Crippen molar-refractivity contribution in [3.05, 3.63) is 34.1 Å². The maximum absolute atomic E-state index is 13.4. The summed E-state index contributed by atoms with van der Waals surface area (Å²) in [5.41, 5.74) is 0.403. The number of carbonyl (C=O) groups excluding carboxylic acids is 1. The molecule has 1 unspecified atom stereocenters. The van der Waals surface area contributed by atoms with Gasteiger partial charge in [0.2, 0.25) is 0 Å². The van der Waals surface area contributed by atoms with E-state index in [4.69, 9.17) is 0 Å². The van der Waals surface area contributed by atoms with Gasteiger partial charge in [-0.05, 0) is 41.1 Å². The highest BCUT2D eigenvalue weighted by molar-refractivity contribution is 9.10. The van der Waals surface area contributed by atoms with E-state index in [2.05, 4.69) is 21.2 Å². The molecule has 0 aromatic heterocycles. The van der Waals surface area contributed by atoms with Gasteiger partial charge in [0.15, 0.2) is 0 Å². The van der Waals surface area contributed by atoms with Gasteiger partial charge in [-0.15, -0.1) is 0 Å². The third-order valence-corrected chi connectivity index (χ3v) is 3.47. The van der Waals surface area contributed by atoms with Gasteiger partial charge in [-0.3, -0.25) is 4.79 Å². The van der Waals surface area contributed by atoms with Crippen LogP contribution < -0.4 is 5.32 Å². The van der Waals surface area contributed by atoms with Crippen molar-refractivity contribution in [2.45, 2.75) is 13.0 Å². The molecule has 1 saturated heterocycles. The molecule has 2 rings (SSSR count). The molecule has 0 saturated carbocycles. The Morgan fingerprint density at radius 2 is 2.35 bits per heavy atom. The molecule has 1 aliphatic heterocycles. The summed E-state index contributed by atoms with van der Waals surface area (Å²) in [5.74, 6) is -0.510. The van der Waals surface area contributed by atoms with Crippen molar-refractivity contribution in [3.63, 3.8) is 0 Å². The second-order valence-electron chi connectivity index (χ2n) is 4.24. The molecule has 0 spiro atoms. The minimum absolute atomic E-state index is 0.107. The molecule has 17 heavy (non-hydrogen) atoms. The van der Waals surface area contributed by atoms with Gasteiger partial charge < -0.3 is 10.2 Å². The number of amides is 1.